The van der Waals surface area contributed by atoms with Gasteiger partial charge >= 0.3 is 0 Å². The van der Waals surface area contributed by atoms with E-state index in [2.05, 4.69) is 173 Å². The van der Waals surface area contributed by atoms with Gasteiger partial charge in [0.05, 0.1) is 0 Å². The lowest BCUT2D eigenvalue weighted by atomic mass is 9.68. The van der Waals surface area contributed by atoms with Gasteiger partial charge in [0.25, 0.3) is 0 Å². The Hall–Kier alpha value is -7.72. The van der Waals surface area contributed by atoms with E-state index in [1.54, 1.807) is 71.3 Å². The number of benzene rings is 10. The zero-order valence-electron chi connectivity index (χ0n) is 65.1. The van der Waals surface area contributed by atoms with Gasteiger partial charge in [-0.3, -0.25) is 19.2 Å². The summed E-state index contributed by atoms with van der Waals surface area (Å²) in [6, 6.07) is 75.8. The second-order valence-electron chi connectivity index (χ2n) is 32.7. The zero-order valence-corrected chi connectivity index (χ0v) is 68.3. The van der Waals surface area contributed by atoms with E-state index in [4.69, 9.17) is 0 Å². The van der Waals surface area contributed by atoms with E-state index in [1.807, 2.05) is 48.5 Å². The topological polar surface area (TPSA) is 68.3 Å². The number of ketones is 4. The summed E-state index contributed by atoms with van der Waals surface area (Å²) in [5.41, 5.74) is 14.4. The predicted molar refractivity (Wildman–Crippen MR) is 460 cm³/mol. The first kappa shape index (κ1) is 77.6. The average Bonchev–Trinajstić information content (AvgIpc) is 0.744. The molecular weight excluding hydrogens is 1420 g/mol. The Morgan fingerprint density at radius 2 is 0.518 bits per heavy atom. The van der Waals surface area contributed by atoms with Gasteiger partial charge < -0.3 is 0 Å². The van der Waals surface area contributed by atoms with Crippen molar-refractivity contribution in [1.29, 1.82) is 0 Å². The summed E-state index contributed by atoms with van der Waals surface area (Å²) >= 11 is 6.27. The first-order valence-corrected chi connectivity index (χ1v) is 45.2. The van der Waals surface area contributed by atoms with Crippen molar-refractivity contribution >= 4 is 70.2 Å². The van der Waals surface area contributed by atoms with Gasteiger partial charge in [0.1, 0.15) is 0 Å². The van der Waals surface area contributed by atoms with Gasteiger partial charge in [-0.25, -0.2) is 0 Å². The molecule has 8 heteroatoms. The Labute approximate surface area is 672 Å². The molecule has 0 N–H and O–H groups in total. The second-order valence-corrected chi connectivity index (χ2v) is 37.2. The highest BCUT2D eigenvalue weighted by Crippen LogP contribution is 2.49. The molecule has 4 fully saturated rings. The molecule has 6 aliphatic carbocycles. The standard InChI is InChI=1S/C60H64O2S2.C42H44O2S2/c1-3-5-7-11-41-15-19-43(20-16-41)45-23-27-47(28-24-45)49-31-35-51(36-32-49)63-55-39-40-56(58-57(55)59(61)53-13-9-10-14-54(53)60(58)62)64-52-37-33-50(34-38-52)48-29-25-46(26-30-48)44-21-17-42(18-22-44)12-8-6-4-2;1-3-6-28-11-13-29(14-12-28)30-15-17-31(18-16-30)32-19-23-34(24-20-32)46-38-26-25-37(45-33-21-9-27(2)10-22-33)39-40(38)42(44)36-8-5-4-7-35(36)41(39)43/h9-10,13-14,23-44H,3-8,11-12,15-22H2,1-2H3;4-5,7-10,19-26,28-31H,3,6,11-18H2,1-2H3. The lowest BCUT2D eigenvalue weighted by Crippen LogP contribution is -2.25. The van der Waals surface area contributed by atoms with Crippen LogP contribution in [0.3, 0.4) is 0 Å². The van der Waals surface area contributed by atoms with Gasteiger partial charge in [-0.1, -0.05) is 296 Å². The van der Waals surface area contributed by atoms with Crippen molar-refractivity contribution in [2.75, 3.05) is 0 Å². The molecule has 0 aliphatic heterocycles. The van der Waals surface area contributed by atoms with Crippen LogP contribution in [0, 0.1) is 36.5 Å². The van der Waals surface area contributed by atoms with Crippen LogP contribution in [-0.4, -0.2) is 23.1 Å². The summed E-state index contributed by atoms with van der Waals surface area (Å²) < 4.78 is 0. The van der Waals surface area contributed by atoms with E-state index >= 15 is 0 Å². The second kappa shape index (κ2) is 36.8. The molecule has 0 aromatic heterocycles. The van der Waals surface area contributed by atoms with Crippen LogP contribution in [0.4, 0.5) is 0 Å². The van der Waals surface area contributed by atoms with Crippen LogP contribution >= 0.6 is 47.0 Å². The molecule has 0 bridgehead atoms. The fourth-order valence-corrected chi connectivity index (χ4v) is 23.0. The van der Waals surface area contributed by atoms with Crippen LogP contribution in [0.25, 0.3) is 22.3 Å². The molecule has 4 nitrogen and oxygen atoms in total. The number of hydrogen-bond donors (Lipinski definition) is 0. The molecule has 0 radical (unpaired) electrons. The van der Waals surface area contributed by atoms with Crippen molar-refractivity contribution in [3.05, 3.63) is 285 Å². The van der Waals surface area contributed by atoms with Crippen molar-refractivity contribution in [2.24, 2.45) is 29.6 Å². The molecule has 10 aromatic rings. The van der Waals surface area contributed by atoms with Crippen LogP contribution in [0.15, 0.2) is 258 Å². The third-order valence-corrected chi connectivity index (χ3v) is 29.8. The van der Waals surface area contributed by atoms with Crippen LogP contribution in [0.1, 0.15) is 291 Å². The van der Waals surface area contributed by atoms with Crippen molar-refractivity contribution in [2.45, 2.75) is 252 Å². The lowest BCUT2D eigenvalue weighted by molar-refractivity contribution is 0.0974. The molecule has 0 saturated heterocycles. The predicted octanol–water partition coefficient (Wildman–Crippen LogP) is 29.8. The minimum atomic E-state index is -0.0874. The van der Waals surface area contributed by atoms with Crippen LogP contribution < -0.4 is 0 Å². The maximum absolute atomic E-state index is 14.3. The number of fused-ring (bicyclic) bond motifs is 4. The maximum atomic E-state index is 14.3. The third-order valence-electron chi connectivity index (χ3n) is 25.6. The van der Waals surface area contributed by atoms with E-state index in [0.717, 1.165) is 68.8 Å². The first-order chi connectivity index (χ1) is 53.9. The fourth-order valence-electron chi connectivity index (χ4n) is 19.1. The number of rotatable bonds is 24. The lowest BCUT2D eigenvalue weighted by Gasteiger charge is -2.38. The minimum Gasteiger partial charge on any atom is -0.289 e. The van der Waals surface area contributed by atoms with Crippen molar-refractivity contribution < 1.29 is 19.2 Å². The smallest absolute Gasteiger partial charge is 0.195 e. The average molecular weight is 1530 g/mol. The summed E-state index contributed by atoms with van der Waals surface area (Å²) in [4.78, 5) is 64.1. The Morgan fingerprint density at radius 3 is 0.827 bits per heavy atom. The number of hydrogen-bond acceptors (Lipinski definition) is 8. The number of aryl methyl sites for hydroxylation is 1. The summed E-state index contributed by atoms with van der Waals surface area (Å²) in [5, 5.41) is 0. The largest absolute Gasteiger partial charge is 0.289 e. The van der Waals surface area contributed by atoms with Gasteiger partial charge in [0, 0.05) is 83.7 Å². The number of carbonyl (C=O) groups excluding carboxylic acids is 4. The van der Waals surface area contributed by atoms with E-state index in [1.165, 1.54) is 211 Å². The SMILES string of the molecule is CCCC1CCC(C2CCC(c3ccc(Sc4ccc(Sc5ccc(C)cc5)c5c4C(=O)c4ccccc4C5=O)cc3)CC2)CC1.CCCCCC1CCC(c2ccc(-c3ccc(Sc4ccc(Sc5ccc(-c6ccc(C7CCC(CCCCC)CC7)cc6)cc5)c5c4C(=O)c4ccccc4C5=O)cc3)cc2)CC1. The molecule has 0 heterocycles. The number of carbonyl (C=O) groups is 4. The molecule has 4 saturated carbocycles. The van der Waals surface area contributed by atoms with Crippen molar-refractivity contribution in [3.8, 4) is 22.3 Å². The Balaban J connectivity index is 0.000000184. The van der Waals surface area contributed by atoms with Crippen LogP contribution in [0.5, 0.6) is 0 Å². The van der Waals surface area contributed by atoms with Gasteiger partial charge in [-0.15, -0.1) is 0 Å². The normalized spacial score (nSPS) is 20.9. The molecule has 16 rings (SSSR count). The molecule has 0 unspecified atom stereocenters. The highest BCUT2D eigenvalue weighted by atomic mass is 32.2. The first-order valence-electron chi connectivity index (χ1n) is 41.9. The van der Waals surface area contributed by atoms with Gasteiger partial charge in [-0.2, -0.15) is 0 Å². The molecule has 10 aromatic carbocycles. The van der Waals surface area contributed by atoms with Crippen molar-refractivity contribution in [1.82, 2.24) is 0 Å². The van der Waals surface area contributed by atoms with E-state index in [9.17, 15) is 19.2 Å². The Bertz CT molecular complexity index is 4640. The van der Waals surface area contributed by atoms with Crippen LogP contribution in [0.2, 0.25) is 0 Å². The van der Waals surface area contributed by atoms with E-state index < -0.39 is 0 Å². The Kier molecular flexibility index (Phi) is 26.0. The quantitative estimate of drug-likeness (QED) is 0.0555. The minimum absolute atomic E-state index is 0.0636. The molecule has 110 heavy (non-hydrogen) atoms. The highest BCUT2D eigenvalue weighted by molar-refractivity contribution is 8.00. The summed E-state index contributed by atoms with van der Waals surface area (Å²) in [5.74, 6) is 6.43. The molecule has 0 amide bonds. The molecule has 0 spiro atoms. The monoisotopic (exact) mass is 1520 g/mol. The van der Waals surface area contributed by atoms with E-state index in [0.29, 0.717) is 62.3 Å². The van der Waals surface area contributed by atoms with Crippen molar-refractivity contribution in [3.63, 3.8) is 0 Å². The maximum Gasteiger partial charge on any atom is 0.195 e. The van der Waals surface area contributed by atoms with E-state index in [-0.39, 0.29) is 23.1 Å². The van der Waals surface area contributed by atoms with Gasteiger partial charge in [0.2, 0.25) is 0 Å². The molecule has 564 valence electrons. The summed E-state index contributed by atoms with van der Waals surface area (Å²) in [6.07, 6.45) is 35.7. The zero-order chi connectivity index (χ0) is 75.5. The fraction of sp³-hybridized carbons (Fsp3) is 0.373. The third kappa shape index (κ3) is 18.2. The number of unbranched alkanes of at least 4 members (excludes halogenated alkanes) is 4. The summed E-state index contributed by atoms with van der Waals surface area (Å²) in [6.45, 7) is 8.99. The molecule has 0 atom stereocenters. The van der Waals surface area contributed by atoms with Gasteiger partial charge in [-0.05, 0) is 256 Å². The van der Waals surface area contributed by atoms with Gasteiger partial charge in [0.15, 0.2) is 23.1 Å². The summed E-state index contributed by atoms with van der Waals surface area (Å²) in [7, 11) is 0. The van der Waals surface area contributed by atoms with Crippen LogP contribution in [-0.2, 0) is 0 Å². The Morgan fingerprint density at radius 1 is 0.264 bits per heavy atom. The molecule has 6 aliphatic rings. The molecular formula is C102H108O4S4. The highest BCUT2D eigenvalue weighted by Gasteiger charge is 2.38.